The number of hydrogen-bond acceptors (Lipinski definition) is 5. The van der Waals surface area contributed by atoms with E-state index in [1.165, 1.54) is 11.3 Å². The number of sulfone groups is 1. The van der Waals surface area contributed by atoms with E-state index in [0.717, 1.165) is 30.8 Å². The van der Waals surface area contributed by atoms with E-state index >= 15 is 0 Å². The van der Waals surface area contributed by atoms with E-state index in [0.29, 0.717) is 4.47 Å². The smallest absolute Gasteiger partial charge is 0.183 e. The van der Waals surface area contributed by atoms with Gasteiger partial charge in [0.05, 0.1) is 11.5 Å². The molecule has 17 heavy (non-hydrogen) atoms. The number of thiazole rings is 1. The summed E-state index contributed by atoms with van der Waals surface area (Å²) in [6.45, 7) is 1.81. The highest BCUT2D eigenvalue weighted by molar-refractivity contribution is 7.90. The lowest BCUT2D eigenvalue weighted by Gasteiger charge is -2.22. The second kappa shape index (κ2) is 5.65. The van der Waals surface area contributed by atoms with Crippen molar-refractivity contribution in [2.45, 2.75) is 18.6 Å². The predicted molar refractivity (Wildman–Crippen MR) is 70.2 cm³/mol. The van der Waals surface area contributed by atoms with Crippen LogP contribution in [0.15, 0.2) is 6.20 Å². The minimum Gasteiger partial charge on any atom is -0.316 e. The zero-order valence-electron chi connectivity index (χ0n) is 9.36. The first-order chi connectivity index (χ1) is 8.05. The van der Waals surface area contributed by atoms with Crippen LogP contribution in [0.5, 0.6) is 0 Å². The molecule has 1 aliphatic heterocycles. The molecule has 1 aromatic rings. The van der Waals surface area contributed by atoms with Crippen molar-refractivity contribution in [3.8, 4) is 0 Å². The molecule has 0 aliphatic carbocycles. The van der Waals surface area contributed by atoms with Crippen molar-refractivity contribution in [1.29, 1.82) is 0 Å². The van der Waals surface area contributed by atoms with Gasteiger partial charge in [-0.05, 0) is 31.8 Å². The zero-order valence-corrected chi connectivity index (χ0v) is 11.7. The molecule has 0 aromatic carbocycles. The first-order valence-electron chi connectivity index (χ1n) is 5.56. The topological polar surface area (TPSA) is 59.1 Å². The summed E-state index contributed by atoms with van der Waals surface area (Å²) in [4.78, 5) is 4.58. The quantitative estimate of drug-likeness (QED) is 0.918. The molecule has 4 nitrogen and oxygen atoms in total. The lowest BCUT2D eigenvalue weighted by atomic mass is 10.0. The highest BCUT2D eigenvalue weighted by Gasteiger charge is 2.22. The van der Waals surface area contributed by atoms with Crippen molar-refractivity contribution >= 4 is 32.8 Å². The first kappa shape index (κ1) is 13.3. The minimum absolute atomic E-state index is 0.0634. The van der Waals surface area contributed by atoms with Gasteiger partial charge in [-0.25, -0.2) is 13.4 Å². The summed E-state index contributed by atoms with van der Waals surface area (Å²) < 4.78 is 24.4. The molecule has 0 unspecified atom stereocenters. The van der Waals surface area contributed by atoms with E-state index in [4.69, 9.17) is 11.6 Å². The molecule has 0 amide bonds. The van der Waals surface area contributed by atoms with Gasteiger partial charge in [0.15, 0.2) is 14.3 Å². The van der Waals surface area contributed by atoms with Gasteiger partial charge in [0.2, 0.25) is 0 Å². The molecule has 0 radical (unpaired) electrons. The van der Waals surface area contributed by atoms with E-state index < -0.39 is 9.84 Å². The fourth-order valence-electron chi connectivity index (χ4n) is 2.05. The molecular formula is C10H15ClN2O2S2. The van der Waals surface area contributed by atoms with Gasteiger partial charge in [0, 0.05) is 11.1 Å². The van der Waals surface area contributed by atoms with Crippen LogP contribution in [0.1, 0.15) is 17.7 Å². The summed E-state index contributed by atoms with van der Waals surface area (Å²) in [5.74, 6) is 0.570. The SMILES string of the molecule is O=S(=O)(Cc1cnc(Cl)s1)C[C@H]1CCCNC1. The van der Waals surface area contributed by atoms with Crippen LogP contribution in [0.4, 0.5) is 0 Å². The maximum Gasteiger partial charge on any atom is 0.183 e. The van der Waals surface area contributed by atoms with Gasteiger partial charge in [0.1, 0.15) is 0 Å². The molecule has 2 rings (SSSR count). The number of piperidine rings is 1. The molecule has 96 valence electrons. The molecule has 1 aliphatic rings. The maximum absolute atomic E-state index is 12.0. The van der Waals surface area contributed by atoms with Crippen LogP contribution in [-0.2, 0) is 15.6 Å². The van der Waals surface area contributed by atoms with Crippen molar-refractivity contribution in [1.82, 2.24) is 10.3 Å². The number of aromatic nitrogens is 1. The highest BCUT2D eigenvalue weighted by atomic mass is 35.5. The fourth-order valence-corrected chi connectivity index (χ4v) is 5.23. The summed E-state index contributed by atoms with van der Waals surface area (Å²) in [5.41, 5.74) is 0. The van der Waals surface area contributed by atoms with Crippen molar-refractivity contribution in [3.05, 3.63) is 15.5 Å². The standard InChI is InChI=1S/C10H15ClN2O2S2/c11-10-13-5-9(16-10)7-17(14,15)6-8-2-1-3-12-4-8/h5,8,12H,1-4,6-7H2/t8-/m0/s1. The average molecular weight is 295 g/mol. The molecule has 0 bridgehead atoms. The number of nitrogens with zero attached hydrogens (tertiary/aromatic N) is 1. The van der Waals surface area contributed by atoms with Crippen LogP contribution >= 0.6 is 22.9 Å². The summed E-state index contributed by atoms with van der Waals surface area (Å²) in [6.07, 6.45) is 3.60. The third kappa shape index (κ3) is 4.21. The Kier molecular flexibility index (Phi) is 4.41. The Hall–Kier alpha value is -0.170. The average Bonchev–Trinajstić information content (AvgIpc) is 2.63. The van der Waals surface area contributed by atoms with Gasteiger partial charge < -0.3 is 5.32 Å². The van der Waals surface area contributed by atoms with Crippen LogP contribution in [0, 0.1) is 5.92 Å². The number of rotatable bonds is 4. The number of halogens is 1. The highest BCUT2D eigenvalue weighted by Crippen LogP contribution is 2.22. The summed E-state index contributed by atoms with van der Waals surface area (Å²) >= 11 is 6.92. The fraction of sp³-hybridized carbons (Fsp3) is 0.700. The molecular weight excluding hydrogens is 280 g/mol. The van der Waals surface area contributed by atoms with Gasteiger partial charge in [-0.1, -0.05) is 11.6 Å². The molecule has 0 spiro atoms. The van der Waals surface area contributed by atoms with Crippen LogP contribution in [0.2, 0.25) is 4.47 Å². The third-order valence-electron chi connectivity index (χ3n) is 2.78. The van der Waals surface area contributed by atoms with Gasteiger partial charge in [-0.3, -0.25) is 0 Å². The Balaban J connectivity index is 1.94. The van der Waals surface area contributed by atoms with E-state index in [2.05, 4.69) is 10.3 Å². The molecule has 2 heterocycles. The number of nitrogens with one attached hydrogen (secondary N) is 1. The van der Waals surface area contributed by atoms with Gasteiger partial charge >= 0.3 is 0 Å². The lowest BCUT2D eigenvalue weighted by Crippen LogP contribution is -2.34. The molecule has 1 saturated heterocycles. The van der Waals surface area contributed by atoms with Crippen molar-refractivity contribution in [3.63, 3.8) is 0 Å². The Bertz CT molecular complexity index is 466. The van der Waals surface area contributed by atoms with Crippen LogP contribution in [0.3, 0.4) is 0 Å². The van der Waals surface area contributed by atoms with Crippen LogP contribution in [-0.4, -0.2) is 32.2 Å². The molecule has 1 N–H and O–H groups in total. The lowest BCUT2D eigenvalue weighted by molar-refractivity contribution is 0.404. The van der Waals surface area contributed by atoms with Gasteiger partial charge in [-0.2, -0.15) is 0 Å². The molecule has 1 atom stereocenters. The second-order valence-corrected chi connectivity index (χ2v) is 8.15. The Morgan fingerprint density at radius 1 is 1.59 bits per heavy atom. The van der Waals surface area contributed by atoms with E-state index in [1.807, 2.05) is 0 Å². The van der Waals surface area contributed by atoms with Crippen molar-refractivity contribution in [2.75, 3.05) is 18.8 Å². The largest absolute Gasteiger partial charge is 0.316 e. The second-order valence-electron chi connectivity index (χ2n) is 4.35. The Labute approximate surface area is 110 Å². The van der Waals surface area contributed by atoms with Crippen molar-refractivity contribution < 1.29 is 8.42 Å². The Morgan fingerprint density at radius 2 is 2.41 bits per heavy atom. The number of hydrogen-bond donors (Lipinski definition) is 1. The summed E-state index contributed by atoms with van der Waals surface area (Å²) in [5, 5.41) is 3.23. The van der Waals surface area contributed by atoms with Crippen LogP contribution < -0.4 is 5.32 Å². The van der Waals surface area contributed by atoms with Crippen LogP contribution in [0.25, 0.3) is 0 Å². The molecule has 7 heteroatoms. The maximum atomic E-state index is 12.0. The third-order valence-corrected chi connectivity index (χ3v) is 5.80. The first-order valence-corrected chi connectivity index (χ1v) is 8.58. The van der Waals surface area contributed by atoms with Gasteiger partial charge in [-0.15, -0.1) is 11.3 Å². The molecule has 1 aromatic heterocycles. The Morgan fingerprint density at radius 3 is 3.00 bits per heavy atom. The summed E-state index contributed by atoms with van der Waals surface area (Å²) in [7, 11) is -3.05. The molecule has 0 saturated carbocycles. The minimum atomic E-state index is -3.05. The van der Waals surface area contributed by atoms with E-state index in [1.54, 1.807) is 6.20 Å². The van der Waals surface area contributed by atoms with Gasteiger partial charge in [0.25, 0.3) is 0 Å². The van der Waals surface area contributed by atoms with Crippen molar-refractivity contribution in [2.24, 2.45) is 5.92 Å². The summed E-state index contributed by atoms with van der Waals surface area (Å²) in [6, 6.07) is 0. The monoisotopic (exact) mass is 294 g/mol. The molecule has 1 fully saturated rings. The van der Waals surface area contributed by atoms with E-state index in [-0.39, 0.29) is 17.4 Å². The van der Waals surface area contributed by atoms with E-state index in [9.17, 15) is 8.42 Å². The zero-order chi connectivity index (χ0) is 12.3. The normalized spacial score (nSPS) is 21.6. The predicted octanol–water partition coefficient (Wildman–Crippen LogP) is 1.71.